The molecule has 1 rings (SSSR count). The Bertz CT molecular complexity index is 218. The molecule has 71 valence electrons. The predicted octanol–water partition coefficient (Wildman–Crippen LogP) is 4.50. The Morgan fingerprint density at radius 3 is 2.85 bits per heavy atom. The van der Waals surface area contributed by atoms with Gasteiger partial charge in [-0.1, -0.05) is 66.4 Å². The first-order chi connectivity index (χ1) is 6.34. The predicted molar refractivity (Wildman–Crippen MR) is 61.1 cm³/mol. The van der Waals surface area contributed by atoms with E-state index in [-0.39, 0.29) is 0 Å². The van der Waals surface area contributed by atoms with Crippen LogP contribution in [-0.4, -0.2) is 0 Å². The molecule has 1 aromatic rings. The van der Waals surface area contributed by atoms with E-state index in [0.717, 1.165) is 0 Å². The average molecular weight is 240 g/mol. The molecule has 1 radical (unpaired) electrons. The summed E-state index contributed by atoms with van der Waals surface area (Å²) in [6.45, 7) is 2.23. The molecule has 0 bridgehead atoms. The highest BCUT2D eigenvalue weighted by Gasteiger charge is 2.05. The van der Waals surface area contributed by atoms with Crippen LogP contribution in [-0.2, 0) is 0 Å². The molecule has 0 saturated heterocycles. The van der Waals surface area contributed by atoms with Gasteiger partial charge in [0.1, 0.15) is 0 Å². The van der Waals surface area contributed by atoms with Gasteiger partial charge in [-0.2, -0.15) is 0 Å². The number of benzene rings is 1. The Kier molecular flexibility index (Phi) is 5.14. The Morgan fingerprint density at radius 1 is 1.38 bits per heavy atom. The summed E-state index contributed by atoms with van der Waals surface area (Å²) >= 11 is 3.68. The smallest absolute Gasteiger partial charge is 0.0401 e. The topological polar surface area (TPSA) is 0 Å². The fourth-order valence-corrected chi connectivity index (χ4v) is 1.94. The maximum absolute atomic E-state index is 3.68. The van der Waals surface area contributed by atoms with Gasteiger partial charge in [-0.05, 0) is 18.1 Å². The van der Waals surface area contributed by atoms with E-state index in [0.29, 0.717) is 4.83 Å². The van der Waals surface area contributed by atoms with Crippen molar-refractivity contribution >= 4 is 15.9 Å². The number of alkyl halides is 1. The van der Waals surface area contributed by atoms with Gasteiger partial charge >= 0.3 is 0 Å². The van der Waals surface area contributed by atoms with Crippen molar-refractivity contribution < 1.29 is 0 Å². The minimum absolute atomic E-state index is 0.486. The van der Waals surface area contributed by atoms with Gasteiger partial charge in [0, 0.05) is 4.83 Å². The third-order valence-corrected chi connectivity index (χ3v) is 3.08. The lowest BCUT2D eigenvalue weighted by Gasteiger charge is -2.08. The summed E-state index contributed by atoms with van der Waals surface area (Å²) in [6, 6.07) is 11.4. The second-order valence-corrected chi connectivity index (χ2v) is 4.39. The highest BCUT2D eigenvalue weighted by Crippen LogP contribution is 2.27. The Labute approximate surface area is 89.5 Å². The molecule has 1 heteroatoms. The Hall–Kier alpha value is -0.300. The quantitative estimate of drug-likeness (QED) is 0.525. The molecule has 0 aliphatic heterocycles. The first-order valence-electron chi connectivity index (χ1n) is 4.95. The Morgan fingerprint density at radius 2 is 2.23 bits per heavy atom. The molecule has 1 atom stereocenters. The molecule has 1 aromatic carbocycles. The largest absolute Gasteiger partial charge is 0.0839 e. The van der Waals surface area contributed by atoms with E-state index >= 15 is 0 Å². The van der Waals surface area contributed by atoms with E-state index in [2.05, 4.69) is 41.1 Å². The van der Waals surface area contributed by atoms with Crippen LogP contribution in [0.2, 0.25) is 0 Å². The number of hydrogen-bond donors (Lipinski definition) is 0. The van der Waals surface area contributed by atoms with Crippen LogP contribution in [0.4, 0.5) is 0 Å². The molecular formula is C12H16Br. The highest BCUT2D eigenvalue weighted by atomic mass is 79.9. The minimum atomic E-state index is 0.486. The van der Waals surface area contributed by atoms with Crippen LogP contribution in [0.15, 0.2) is 24.3 Å². The molecule has 0 amide bonds. The molecule has 0 nitrogen and oxygen atoms in total. The van der Waals surface area contributed by atoms with Gasteiger partial charge in [-0.25, -0.2) is 0 Å². The highest BCUT2D eigenvalue weighted by molar-refractivity contribution is 9.09. The van der Waals surface area contributed by atoms with Gasteiger partial charge in [-0.15, -0.1) is 0 Å². The van der Waals surface area contributed by atoms with Crippen LogP contribution in [0, 0.1) is 6.07 Å². The fourth-order valence-electron chi connectivity index (χ4n) is 1.33. The monoisotopic (exact) mass is 239 g/mol. The summed E-state index contributed by atoms with van der Waals surface area (Å²) in [5.41, 5.74) is 1.28. The molecule has 0 heterocycles. The molecule has 0 fully saturated rings. The van der Waals surface area contributed by atoms with Crippen molar-refractivity contribution in [2.45, 2.75) is 37.4 Å². The second-order valence-electron chi connectivity index (χ2n) is 3.28. The number of halogens is 1. The van der Waals surface area contributed by atoms with E-state index in [1.54, 1.807) is 0 Å². The summed E-state index contributed by atoms with van der Waals surface area (Å²) in [4.78, 5) is 0.486. The molecule has 0 aromatic heterocycles. The van der Waals surface area contributed by atoms with Crippen molar-refractivity contribution in [2.24, 2.45) is 0 Å². The van der Waals surface area contributed by atoms with Gasteiger partial charge in [-0.3, -0.25) is 0 Å². The van der Waals surface area contributed by atoms with Crippen molar-refractivity contribution in [2.75, 3.05) is 0 Å². The van der Waals surface area contributed by atoms with Crippen molar-refractivity contribution in [3.05, 3.63) is 35.9 Å². The molecule has 0 aliphatic carbocycles. The lowest BCUT2D eigenvalue weighted by atomic mass is 10.1. The van der Waals surface area contributed by atoms with Crippen LogP contribution in [0.1, 0.15) is 43.0 Å². The van der Waals surface area contributed by atoms with E-state index in [4.69, 9.17) is 0 Å². The normalized spacial score (nSPS) is 12.8. The van der Waals surface area contributed by atoms with Crippen LogP contribution in [0.5, 0.6) is 0 Å². The molecular weight excluding hydrogens is 224 g/mol. The standard InChI is InChI=1S/C12H16Br/c1-2-3-5-10-12(13)11-8-6-4-7-9-11/h4,6-8,12H,2-3,5,10H2,1H3. The summed E-state index contributed by atoms with van der Waals surface area (Å²) in [5, 5.41) is 0. The van der Waals surface area contributed by atoms with Crippen LogP contribution >= 0.6 is 15.9 Å². The van der Waals surface area contributed by atoms with Gasteiger partial charge in [0.15, 0.2) is 0 Å². The molecule has 1 unspecified atom stereocenters. The van der Waals surface area contributed by atoms with Gasteiger partial charge < -0.3 is 0 Å². The van der Waals surface area contributed by atoms with Crippen LogP contribution in [0.3, 0.4) is 0 Å². The van der Waals surface area contributed by atoms with Crippen molar-refractivity contribution in [1.29, 1.82) is 0 Å². The van der Waals surface area contributed by atoms with E-state index < -0.39 is 0 Å². The molecule has 0 saturated carbocycles. The molecule has 0 N–H and O–H groups in total. The maximum Gasteiger partial charge on any atom is 0.0401 e. The van der Waals surface area contributed by atoms with Crippen molar-refractivity contribution in [1.82, 2.24) is 0 Å². The van der Waals surface area contributed by atoms with E-state index in [1.165, 1.54) is 31.2 Å². The second kappa shape index (κ2) is 6.20. The molecule has 13 heavy (non-hydrogen) atoms. The average Bonchev–Trinajstić information content (AvgIpc) is 2.19. The third-order valence-electron chi connectivity index (χ3n) is 2.13. The first kappa shape index (κ1) is 10.8. The van der Waals surface area contributed by atoms with Gasteiger partial charge in [0.25, 0.3) is 0 Å². The summed E-state index contributed by atoms with van der Waals surface area (Å²) in [5.74, 6) is 0. The van der Waals surface area contributed by atoms with Crippen LogP contribution < -0.4 is 0 Å². The number of rotatable bonds is 5. The van der Waals surface area contributed by atoms with E-state index in [9.17, 15) is 0 Å². The Balaban J connectivity index is 2.35. The minimum Gasteiger partial charge on any atom is -0.0839 e. The molecule has 0 spiro atoms. The van der Waals surface area contributed by atoms with Crippen molar-refractivity contribution in [3.63, 3.8) is 0 Å². The number of unbranched alkanes of at least 4 members (excludes halogenated alkanes) is 2. The van der Waals surface area contributed by atoms with Gasteiger partial charge in [0.05, 0.1) is 0 Å². The lowest BCUT2D eigenvalue weighted by Crippen LogP contribution is -1.89. The fraction of sp³-hybridized carbons (Fsp3) is 0.500. The summed E-state index contributed by atoms with van der Waals surface area (Å²) in [6.07, 6.45) is 5.14. The SMILES string of the molecule is CCCCCC(Br)c1[c]cccc1. The van der Waals surface area contributed by atoms with Gasteiger partial charge in [0.2, 0.25) is 0 Å². The zero-order valence-corrected chi connectivity index (χ0v) is 9.68. The summed E-state index contributed by atoms with van der Waals surface area (Å²) < 4.78 is 0. The lowest BCUT2D eigenvalue weighted by molar-refractivity contribution is 0.663. The molecule has 0 aliphatic rings. The van der Waals surface area contributed by atoms with E-state index in [1.807, 2.05) is 12.1 Å². The summed E-state index contributed by atoms with van der Waals surface area (Å²) in [7, 11) is 0. The zero-order valence-electron chi connectivity index (χ0n) is 8.09. The maximum atomic E-state index is 3.68. The number of hydrogen-bond acceptors (Lipinski definition) is 0. The zero-order chi connectivity index (χ0) is 9.52. The third kappa shape index (κ3) is 3.95. The van der Waals surface area contributed by atoms with Crippen molar-refractivity contribution in [3.8, 4) is 0 Å². The first-order valence-corrected chi connectivity index (χ1v) is 5.87. The van der Waals surface area contributed by atoms with Crippen LogP contribution in [0.25, 0.3) is 0 Å².